The third-order valence-corrected chi connectivity index (χ3v) is 5.23. The van der Waals surface area contributed by atoms with Crippen LogP contribution in [-0.2, 0) is 11.2 Å². The summed E-state index contributed by atoms with van der Waals surface area (Å²) < 4.78 is 0. The maximum absolute atomic E-state index is 13.2. The highest BCUT2D eigenvalue weighted by atomic mass is 16.3. The van der Waals surface area contributed by atoms with E-state index in [1.165, 1.54) is 4.90 Å². The number of aliphatic imine (C=N–C) groups is 2. The number of benzene rings is 3. The smallest absolute Gasteiger partial charge is 0.282 e. The molecule has 6 heteroatoms. The van der Waals surface area contributed by atoms with Gasteiger partial charge in [0.2, 0.25) is 0 Å². The molecule has 0 radical (unpaired) electrons. The van der Waals surface area contributed by atoms with Gasteiger partial charge in [0.15, 0.2) is 5.84 Å². The van der Waals surface area contributed by atoms with Crippen LogP contribution in [0.3, 0.4) is 0 Å². The monoisotopic (exact) mass is 421 g/mol. The molecule has 1 amide bonds. The number of phenols is 2. The molecule has 2 N–H and O–H groups in total. The summed E-state index contributed by atoms with van der Waals surface area (Å²) in [5.74, 6) is 0.584. The van der Waals surface area contributed by atoms with E-state index in [0.717, 1.165) is 16.7 Å². The number of carbonyl (C=O) groups excluding carboxylic acids is 1. The molecule has 5 rings (SSSR count). The molecule has 0 fully saturated rings. The topological polar surface area (TPSA) is 85.5 Å². The van der Waals surface area contributed by atoms with Gasteiger partial charge in [-0.2, -0.15) is 0 Å². The first-order chi connectivity index (χ1) is 15.6. The highest BCUT2D eigenvalue weighted by Gasteiger charge is 2.35. The fourth-order valence-corrected chi connectivity index (χ4v) is 3.61. The normalized spacial score (nSPS) is 16.5. The zero-order chi connectivity index (χ0) is 22.1. The third-order valence-electron chi connectivity index (χ3n) is 5.23. The van der Waals surface area contributed by atoms with Crippen molar-refractivity contribution in [2.45, 2.75) is 6.42 Å². The van der Waals surface area contributed by atoms with E-state index in [1.807, 2.05) is 30.3 Å². The maximum Gasteiger partial charge on any atom is 0.282 e. The van der Waals surface area contributed by atoms with Gasteiger partial charge >= 0.3 is 0 Å². The fourth-order valence-electron chi connectivity index (χ4n) is 3.61. The van der Waals surface area contributed by atoms with Gasteiger partial charge in [-0.25, -0.2) is 9.98 Å². The van der Waals surface area contributed by atoms with Crippen LogP contribution in [0.5, 0.6) is 11.5 Å². The van der Waals surface area contributed by atoms with Gasteiger partial charge < -0.3 is 10.2 Å². The van der Waals surface area contributed by atoms with Gasteiger partial charge in [-0.1, -0.05) is 42.5 Å². The highest BCUT2D eigenvalue weighted by molar-refractivity contribution is 6.48. The molecule has 0 bridgehead atoms. The largest absolute Gasteiger partial charge is 0.508 e. The Balaban J connectivity index is 1.57. The minimum Gasteiger partial charge on any atom is -0.508 e. The van der Waals surface area contributed by atoms with Crippen LogP contribution in [0.15, 0.2) is 101 Å². The summed E-state index contributed by atoms with van der Waals surface area (Å²) in [6.07, 6.45) is 3.90. The van der Waals surface area contributed by atoms with E-state index in [2.05, 4.69) is 4.99 Å². The van der Waals surface area contributed by atoms with Crippen LogP contribution in [0, 0.1) is 0 Å². The Morgan fingerprint density at radius 2 is 1.47 bits per heavy atom. The molecule has 0 aliphatic carbocycles. The number of rotatable bonds is 4. The summed E-state index contributed by atoms with van der Waals surface area (Å²) in [6, 6.07) is 23.2. The molecule has 6 nitrogen and oxygen atoms in total. The van der Waals surface area contributed by atoms with Gasteiger partial charge in [0.1, 0.15) is 17.2 Å². The van der Waals surface area contributed by atoms with Crippen molar-refractivity contribution in [1.29, 1.82) is 0 Å². The molecule has 156 valence electrons. The maximum atomic E-state index is 13.2. The van der Waals surface area contributed by atoms with Crippen molar-refractivity contribution in [3.05, 3.63) is 107 Å². The van der Waals surface area contributed by atoms with Gasteiger partial charge in [-0.05, 0) is 53.6 Å². The Morgan fingerprint density at radius 1 is 0.812 bits per heavy atom. The van der Waals surface area contributed by atoms with E-state index in [0.29, 0.717) is 29.4 Å². The average Bonchev–Trinajstić information content (AvgIpc) is 3.12. The van der Waals surface area contributed by atoms with Crippen molar-refractivity contribution in [1.82, 2.24) is 4.90 Å². The zero-order valence-electron chi connectivity index (χ0n) is 17.0. The van der Waals surface area contributed by atoms with Gasteiger partial charge in [0.25, 0.3) is 5.91 Å². The van der Waals surface area contributed by atoms with Crippen LogP contribution in [0.4, 0.5) is 0 Å². The van der Waals surface area contributed by atoms with Crippen molar-refractivity contribution in [2.24, 2.45) is 9.98 Å². The molecule has 2 aliphatic heterocycles. The lowest BCUT2D eigenvalue weighted by Crippen LogP contribution is -2.36. The third kappa shape index (κ3) is 3.81. The molecule has 2 aliphatic rings. The number of amides is 1. The van der Waals surface area contributed by atoms with Crippen molar-refractivity contribution in [3.63, 3.8) is 0 Å². The standard InChI is InChI=1S/C26H19N3O3/c30-20-10-6-18(7-11-20)15-23-26(32)29-16-24(19-8-12-21(31)13-9-19)27-22(25(29)28-23)14-17-4-2-1-3-5-17/h1-13,15-16,30-31H,14H2/b23-15-. The summed E-state index contributed by atoms with van der Waals surface area (Å²) in [6.45, 7) is 0. The van der Waals surface area contributed by atoms with E-state index < -0.39 is 0 Å². The molecule has 0 spiro atoms. The van der Waals surface area contributed by atoms with E-state index in [1.54, 1.807) is 60.8 Å². The predicted octanol–water partition coefficient (Wildman–Crippen LogP) is 4.38. The van der Waals surface area contributed by atoms with Crippen molar-refractivity contribution in [2.75, 3.05) is 0 Å². The van der Waals surface area contributed by atoms with Crippen LogP contribution in [-0.4, -0.2) is 32.6 Å². The van der Waals surface area contributed by atoms with E-state index >= 15 is 0 Å². The number of phenolic OH excluding ortho intramolecular Hbond substituents is 2. The molecule has 0 unspecified atom stereocenters. The molecule has 3 aromatic rings. The second-order valence-electron chi connectivity index (χ2n) is 7.51. The van der Waals surface area contributed by atoms with Crippen LogP contribution in [0.25, 0.3) is 11.8 Å². The van der Waals surface area contributed by atoms with Gasteiger partial charge in [0.05, 0.1) is 11.4 Å². The van der Waals surface area contributed by atoms with Gasteiger partial charge in [-0.15, -0.1) is 0 Å². The van der Waals surface area contributed by atoms with Crippen LogP contribution >= 0.6 is 0 Å². The number of aromatic hydroxyl groups is 2. The molecule has 0 aromatic heterocycles. The first kappa shape index (κ1) is 19.5. The molecule has 0 saturated carbocycles. The number of nitrogens with zero attached hydrogens (tertiary/aromatic N) is 3. The van der Waals surface area contributed by atoms with Crippen LogP contribution in [0.1, 0.15) is 16.7 Å². The number of amidine groups is 1. The zero-order valence-corrected chi connectivity index (χ0v) is 17.0. The molecule has 0 atom stereocenters. The summed E-state index contributed by atoms with van der Waals surface area (Å²) >= 11 is 0. The van der Waals surface area contributed by atoms with Crippen molar-refractivity contribution in [3.8, 4) is 11.5 Å². The number of hydrogen-bond acceptors (Lipinski definition) is 5. The number of carbonyl (C=O) groups is 1. The second kappa shape index (κ2) is 8.00. The minimum atomic E-state index is -0.246. The van der Waals surface area contributed by atoms with Crippen LogP contribution < -0.4 is 0 Å². The fraction of sp³-hybridized carbons (Fsp3) is 0.0385. The lowest BCUT2D eigenvalue weighted by atomic mass is 10.0. The molecule has 2 heterocycles. The second-order valence-corrected chi connectivity index (χ2v) is 7.51. The summed E-state index contributed by atoms with van der Waals surface area (Å²) in [7, 11) is 0. The van der Waals surface area contributed by atoms with Crippen molar-refractivity contribution < 1.29 is 15.0 Å². The Hall–Kier alpha value is -4.45. The molecular formula is C26H19N3O3. The molecule has 32 heavy (non-hydrogen) atoms. The number of fused-ring (bicyclic) bond motifs is 1. The Kier molecular flexibility index (Phi) is 4.88. The predicted molar refractivity (Wildman–Crippen MR) is 124 cm³/mol. The highest BCUT2D eigenvalue weighted by Crippen LogP contribution is 2.29. The van der Waals surface area contributed by atoms with Crippen LogP contribution in [0.2, 0.25) is 0 Å². The first-order valence-electron chi connectivity index (χ1n) is 10.1. The van der Waals surface area contributed by atoms with Gasteiger partial charge in [-0.3, -0.25) is 9.69 Å². The first-order valence-corrected chi connectivity index (χ1v) is 10.1. The van der Waals surface area contributed by atoms with E-state index in [9.17, 15) is 15.0 Å². The molecule has 0 saturated heterocycles. The Labute approximate surface area is 184 Å². The van der Waals surface area contributed by atoms with Gasteiger partial charge in [0, 0.05) is 18.2 Å². The average molecular weight is 421 g/mol. The molecule has 3 aromatic carbocycles. The number of hydrogen-bond donors (Lipinski definition) is 2. The molecular weight excluding hydrogens is 402 g/mol. The summed E-state index contributed by atoms with van der Waals surface area (Å²) in [4.78, 5) is 24.1. The quantitative estimate of drug-likeness (QED) is 0.613. The summed E-state index contributed by atoms with van der Waals surface area (Å²) in [5, 5.41) is 19.1. The minimum absolute atomic E-state index is 0.160. The van der Waals surface area contributed by atoms with Crippen molar-refractivity contribution >= 4 is 29.2 Å². The van der Waals surface area contributed by atoms with E-state index in [4.69, 9.17) is 4.99 Å². The lowest BCUT2D eigenvalue weighted by Gasteiger charge is -2.22. The lowest BCUT2D eigenvalue weighted by molar-refractivity contribution is -0.120. The SMILES string of the molecule is O=C1/C(=C/c2ccc(O)cc2)N=C2C(Cc3ccccc3)=NC(c3ccc(O)cc3)=CN12. The Morgan fingerprint density at radius 3 is 2.16 bits per heavy atom. The Bertz CT molecular complexity index is 1300. The van der Waals surface area contributed by atoms with E-state index in [-0.39, 0.29) is 17.4 Å². The summed E-state index contributed by atoms with van der Waals surface area (Å²) in [5.41, 5.74) is 4.22.